The monoisotopic (exact) mass is 276 g/mol. The lowest BCUT2D eigenvalue weighted by Crippen LogP contribution is -2.28. The molecular formula is C14H13ClN2O2. The van der Waals surface area contributed by atoms with Gasteiger partial charge in [0.05, 0.1) is 10.7 Å². The normalized spacial score (nSPS) is 9.95. The van der Waals surface area contributed by atoms with Gasteiger partial charge in [-0.3, -0.25) is 0 Å². The Morgan fingerprint density at radius 3 is 2.53 bits per heavy atom. The molecule has 0 aliphatic heterocycles. The summed E-state index contributed by atoms with van der Waals surface area (Å²) >= 11 is 5.93. The van der Waals surface area contributed by atoms with Gasteiger partial charge >= 0.3 is 6.03 Å². The van der Waals surface area contributed by atoms with Crippen molar-refractivity contribution in [2.75, 3.05) is 5.32 Å². The van der Waals surface area contributed by atoms with Crippen molar-refractivity contribution in [1.29, 1.82) is 0 Å². The van der Waals surface area contributed by atoms with Gasteiger partial charge in [0.1, 0.15) is 5.75 Å². The number of hydrogen-bond donors (Lipinski definition) is 3. The van der Waals surface area contributed by atoms with E-state index >= 15 is 0 Å². The fourth-order valence-electron chi connectivity index (χ4n) is 1.56. The molecule has 5 heteroatoms. The number of aromatic hydroxyl groups is 1. The molecule has 0 radical (unpaired) electrons. The van der Waals surface area contributed by atoms with Crippen molar-refractivity contribution in [2.45, 2.75) is 6.54 Å². The molecule has 2 aromatic carbocycles. The van der Waals surface area contributed by atoms with Gasteiger partial charge in [-0.25, -0.2) is 4.79 Å². The van der Waals surface area contributed by atoms with E-state index in [0.29, 0.717) is 16.3 Å². The maximum atomic E-state index is 11.7. The van der Waals surface area contributed by atoms with Crippen molar-refractivity contribution in [3.8, 4) is 5.75 Å². The number of halogens is 1. The summed E-state index contributed by atoms with van der Waals surface area (Å²) in [6.45, 7) is 0.239. The van der Waals surface area contributed by atoms with Crippen LogP contribution in [-0.4, -0.2) is 11.1 Å². The third kappa shape index (κ3) is 3.63. The summed E-state index contributed by atoms with van der Waals surface area (Å²) in [7, 11) is 0. The topological polar surface area (TPSA) is 61.4 Å². The summed E-state index contributed by atoms with van der Waals surface area (Å²) in [5, 5.41) is 15.3. The van der Waals surface area contributed by atoms with Crippen LogP contribution in [0, 0.1) is 0 Å². The van der Waals surface area contributed by atoms with Crippen LogP contribution >= 0.6 is 11.6 Å². The van der Waals surface area contributed by atoms with E-state index in [1.54, 1.807) is 48.5 Å². The molecule has 2 rings (SSSR count). The average molecular weight is 277 g/mol. The van der Waals surface area contributed by atoms with Gasteiger partial charge in [-0.1, -0.05) is 41.9 Å². The molecule has 3 N–H and O–H groups in total. The molecule has 0 spiro atoms. The maximum absolute atomic E-state index is 11.7. The Hall–Kier alpha value is -2.20. The number of urea groups is 1. The number of para-hydroxylation sites is 2. The molecule has 2 aromatic rings. The molecule has 19 heavy (non-hydrogen) atoms. The van der Waals surface area contributed by atoms with Crippen molar-refractivity contribution < 1.29 is 9.90 Å². The standard InChI is InChI=1S/C14H13ClN2O2/c15-11-6-2-3-7-12(11)17-14(19)16-9-10-5-1-4-8-13(10)18/h1-8,18H,9H2,(H2,16,17,19). The van der Waals surface area contributed by atoms with Gasteiger partial charge in [0.2, 0.25) is 0 Å². The van der Waals surface area contributed by atoms with E-state index in [4.69, 9.17) is 11.6 Å². The highest BCUT2D eigenvalue weighted by molar-refractivity contribution is 6.33. The van der Waals surface area contributed by atoms with Gasteiger partial charge in [-0.2, -0.15) is 0 Å². The Morgan fingerprint density at radius 1 is 1.11 bits per heavy atom. The minimum atomic E-state index is -0.378. The Balaban J connectivity index is 1.92. The van der Waals surface area contributed by atoms with Gasteiger partial charge in [0, 0.05) is 12.1 Å². The van der Waals surface area contributed by atoms with Crippen LogP contribution in [0.2, 0.25) is 5.02 Å². The van der Waals surface area contributed by atoms with Crippen LogP contribution < -0.4 is 10.6 Å². The molecule has 0 saturated carbocycles. The summed E-state index contributed by atoms with van der Waals surface area (Å²) in [5.74, 6) is 0.153. The third-order valence-electron chi connectivity index (χ3n) is 2.55. The molecule has 4 nitrogen and oxygen atoms in total. The number of anilines is 1. The van der Waals surface area contributed by atoms with Crippen molar-refractivity contribution >= 4 is 23.3 Å². The predicted molar refractivity (Wildman–Crippen MR) is 75.4 cm³/mol. The van der Waals surface area contributed by atoms with E-state index in [0.717, 1.165) is 0 Å². The van der Waals surface area contributed by atoms with E-state index in [1.807, 2.05) is 0 Å². The smallest absolute Gasteiger partial charge is 0.319 e. The molecule has 0 aromatic heterocycles. The number of nitrogens with one attached hydrogen (secondary N) is 2. The molecule has 0 saturated heterocycles. The summed E-state index contributed by atoms with van der Waals surface area (Å²) in [6, 6.07) is 13.4. The van der Waals surface area contributed by atoms with Crippen molar-refractivity contribution in [3.63, 3.8) is 0 Å². The first-order valence-electron chi connectivity index (χ1n) is 5.73. The van der Waals surface area contributed by atoms with E-state index in [-0.39, 0.29) is 18.3 Å². The second kappa shape index (κ2) is 6.11. The van der Waals surface area contributed by atoms with Crippen LogP contribution in [0.3, 0.4) is 0 Å². The SMILES string of the molecule is O=C(NCc1ccccc1O)Nc1ccccc1Cl. The Bertz CT molecular complexity index is 587. The molecule has 0 aliphatic rings. The number of carbonyl (C=O) groups is 1. The summed E-state index contributed by atoms with van der Waals surface area (Å²) in [4.78, 5) is 11.7. The van der Waals surface area contributed by atoms with E-state index in [2.05, 4.69) is 10.6 Å². The highest BCUT2D eigenvalue weighted by Crippen LogP contribution is 2.20. The van der Waals surface area contributed by atoms with E-state index in [9.17, 15) is 9.90 Å². The molecule has 2 amide bonds. The fourth-order valence-corrected chi connectivity index (χ4v) is 1.75. The molecule has 0 heterocycles. The molecule has 0 unspecified atom stereocenters. The van der Waals surface area contributed by atoms with Crippen molar-refractivity contribution in [3.05, 3.63) is 59.1 Å². The third-order valence-corrected chi connectivity index (χ3v) is 2.88. The quantitative estimate of drug-likeness (QED) is 0.805. The zero-order chi connectivity index (χ0) is 13.7. The predicted octanol–water partition coefficient (Wildman–Crippen LogP) is 3.37. The average Bonchev–Trinajstić information content (AvgIpc) is 2.40. The first kappa shape index (κ1) is 13.2. The van der Waals surface area contributed by atoms with Crippen LogP contribution in [0.4, 0.5) is 10.5 Å². The van der Waals surface area contributed by atoms with Gasteiger partial charge < -0.3 is 15.7 Å². The van der Waals surface area contributed by atoms with Crippen LogP contribution in [0.15, 0.2) is 48.5 Å². The number of phenols is 1. The summed E-state index contributed by atoms with van der Waals surface area (Å²) in [6.07, 6.45) is 0. The lowest BCUT2D eigenvalue weighted by atomic mass is 10.2. The molecule has 0 fully saturated rings. The zero-order valence-electron chi connectivity index (χ0n) is 10.1. The molecule has 0 aliphatic carbocycles. The number of hydrogen-bond acceptors (Lipinski definition) is 2. The lowest BCUT2D eigenvalue weighted by Gasteiger charge is -2.09. The van der Waals surface area contributed by atoms with Crippen molar-refractivity contribution in [2.24, 2.45) is 0 Å². The van der Waals surface area contributed by atoms with Crippen molar-refractivity contribution in [1.82, 2.24) is 5.32 Å². The molecule has 98 valence electrons. The lowest BCUT2D eigenvalue weighted by molar-refractivity contribution is 0.251. The van der Waals surface area contributed by atoms with Crippen LogP contribution in [-0.2, 0) is 6.54 Å². The Kier molecular flexibility index (Phi) is 4.26. The van der Waals surface area contributed by atoms with Crippen LogP contribution in [0.5, 0.6) is 5.75 Å². The minimum Gasteiger partial charge on any atom is -0.508 e. The maximum Gasteiger partial charge on any atom is 0.319 e. The first-order valence-corrected chi connectivity index (χ1v) is 6.11. The van der Waals surface area contributed by atoms with Gasteiger partial charge in [0.25, 0.3) is 0 Å². The van der Waals surface area contributed by atoms with Crippen LogP contribution in [0.1, 0.15) is 5.56 Å². The Labute approximate surface area is 116 Å². The van der Waals surface area contributed by atoms with Gasteiger partial charge in [-0.15, -0.1) is 0 Å². The molecule has 0 atom stereocenters. The summed E-state index contributed by atoms with van der Waals surface area (Å²) < 4.78 is 0. The van der Waals surface area contributed by atoms with Gasteiger partial charge in [0.15, 0.2) is 0 Å². The molecular weight excluding hydrogens is 264 g/mol. The molecule has 0 bridgehead atoms. The number of benzene rings is 2. The summed E-state index contributed by atoms with van der Waals surface area (Å²) in [5.41, 5.74) is 1.19. The fraction of sp³-hybridized carbons (Fsp3) is 0.0714. The van der Waals surface area contributed by atoms with Gasteiger partial charge in [-0.05, 0) is 18.2 Å². The minimum absolute atomic E-state index is 0.153. The first-order chi connectivity index (χ1) is 9.16. The number of amides is 2. The van der Waals surface area contributed by atoms with Crippen LogP contribution in [0.25, 0.3) is 0 Å². The zero-order valence-corrected chi connectivity index (χ0v) is 10.8. The second-order valence-electron chi connectivity index (χ2n) is 3.92. The highest BCUT2D eigenvalue weighted by Gasteiger charge is 2.05. The number of carbonyl (C=O) groups excluding carboxylic acids is 1. The Morgan fingerprint density at radius 2 is 1.79 bits per heavy atom. The number of phenolic OH excluding ortho intramolecular Hbond substituents is 1. The second-order valence-corrected chi connectivity index (χ2v) is 4.32. The van der Waals surface area contributed by atoms with E-state index in [1.165, 1.54) is 0 Å². The largest absolute Gasteiger partial charge is 0.508 e. The highest BCUT2D eigenvalue weighted by atomic mass is 35.5. The van der Waals surface area contributed by atoms with E-state index < -0.39 is 0 Å². The number of rotatable bonds is 3.